The fourth-order valence-electron chi connectivity index (χ4n) is 3.41. The number of amides is 1. The molecule has 1 heterocycles. The van der Waals surface area contributed by atoms with Gasteiger partial charge in [-0.15, -0.1) is 0 Å². The number of ether oxygens (including phenoxy) is 2. The first kappa shape index (κ1) is 20.4. The molecule has 2 aromatic carbocycles. The van der Waals surface area contributed by atoms with Gasteiger partial charge in [-0.1, -0.05) is 50.2 Å². The summed E-state index contributed by atoms with van der Waals surface area (Å²) in [7, 11) is 0. The van der Waals surface area contributed by atoms with Crippen molar-refractivity contribution in [2.75, 3.05) is 26.2 Å². The third-order valence-electron chi connectivity index (χ3n) is 5.14. The van der Waals surface area contributed by atoms with Gasteiger partial charge in [0, 0.05) is 18.7 Å². The maximum absolute atomic E-state index is 13.3. The van der Waals surface area contributed by atoms with Crippen LogP contribution in [0.15, 0.2) is 48.5 Å². The Morgan fingerprint density at radius 3 is 2.64 bits per heavy atom. The van der Waals surface area contributed by atoms with Crippen molar-refractivity contribution in [2.24, 2.45) is 11.7 Å². The molecule has 1 fully saturated rings. The quantitative estimate of drug-likeness (QED) is 0.829. The van der Waals surface area contributed by atoms with Gasteiger partial charge in [0.1, 0.15) is 18.5 Å². The smallest absolute Gasteiger partial charge is 0.254 e. The number of benzene rings is 2. The van der Waals surface area contributed by atoms with E-state index in [2.05, 4.69) is 26.0 Å². The number of carbonyl (C=O) groups excluding carboxylic acids is 1. The van der Waals surface area contributed by atoms with E-state index in [-0.39, 0.29) is 18.1 Å². The van der Waals surface area contributed by atoms with E-state index in [1.807, 2.05) is 48.2 Å². The summed E-state index contributed by atoms with van der Waals surface area (Å²) in [5, 5.41) is 0. The SMILES string of the molecule is Cc1ccc(C(=O)N2C[C@@H](c3ccccc3)O[C@@H](C(C)C)C2)cc1OCCN. The third kappa shape index (κ3) is 4.72. The predicted octanol–water partition coefficient (Wildman–Crippen LogP) is 3.57. The molecule has 28 heavy (non-hydrogen) atoms. The van der Waals surface area contributed by atoms with Gasteiger partial charge in [-0.3, -0.25) is 4.79 Å². The van der Waals surface area contributed by atoms with Crippen molar-refractivity contribution in [3.05, 3.63) is 65.2 Å². The van der Waals surface area contributed by atoms with Gasteiger partial charge in [0.05, 0.1) is 12.6 Å². The van der Waals surface area contributed by atoms with E-state index in [0.717, 1.165) is 11.1 Å². The van der Waals surface area contributed by atoms with Gasteiger partial charge in [0.2, 0.25) is 0 Å². The number of morpholine rings is 1. The van der Waals surface area contributed by atoms with E-state index in [1.165, 1.54) is 0 Å². The van der Waals surface area contributed by atoms with E-state index < -0.39 is 0 Å². The Labute approximate surface area is 167 Å². The van der Waals surface area contributed by atoms with Gasteiger partial charge in [-0.25, -0.2) is 0 Å². The summed E-state index contributed by atoms with van der Waals surface area (Å²) in [5.74, 6) is 1.04. The number of carbonyl (C=O) groups is 1. The lowest BCUT2D eigenvalue weighted by Crippen LogP contribution is -2.48. The van der Waals surface area contributed by atoms with Gasteiger partial charge >= 0.3 is 0 Å². The first-order valence-corrected chi connectivity index (χ1v) is 9.92. The Hall–Kier alpha value is -2.37. The minimum Gasteiger partial charge on any atom is -0.492 e. The zero-order valence-corrected chi connectivity index (χ0v) is 16.9. The molecule has 1 aliphatic heterocycles. The Bertz CT molecular complexity index is 792. The Morgan fingerprint density at radius 2 is 1.96 bits per heavy atom. The molecule has 2 atom stereocenters. The van der Waals surface area contributed by atoms with Gasteiger partial charge in [-0.2, -0.15) is 0 Å². The van der Waals surface area contributed by atoms with E-state index >= 15 is 0 Å². The van der Waals surface area contributed by atoms with Crippen molar-refractivity contribution in [3.8, 4) is 5.75 Å². The molecule has 0 aromatic heterocycles. The highest BCUT2D eigenvalue weighted by molar-refractivity contribution is 5.95. The van der Waals surface area contributed by atoms with Crippen LogP contribution in [0.2, 0.25) is 0 Å². The summed E-state index contributed by atoms with van der Waals surface area (Å²) in [6.45, 7) is 8.23. The highest BCUT2D eigenvalue weighted by Crippen LogP contribution is 2.29. The van der Waals surface area contributed by atoms with Gasteiger partial charge in [-0.05, 0) is 36.1 Å². The highest BCUT2D eigenvalue weighted by Gasteiger charge is 2.33. The summed E-state index contributed by atoms with van der Waals surface area (Å²) < 4.78 is 12.0. The molecular weight excluding hydrogens is 352 g/mol. The molecule has 0 spiro atoms. The molecule has 2 aromatic rings. The largest absolute Gasteiger partial charge is 0.492 e. The molecule has 5 heteroatoms. The lowest BCUT2D eigenvalue weighted by atomic mass is 10.00. The second-order valence-corrected chi connectivity index (χ2v) is 7.65. The number of nitrogens with zero attached hydrogens (tertiary/aromatic N) is 1. The first-order chi connectivity index (χ1) is 13.5. The van der Waals surface area contributed by atoms with E-state index in [9.17, 15) is 4.79 Å². The molecule has 2 N–H and O–H groups in total. The van der Waals surface area contributed by atoms with Crippen molar-refractivity contribution in [3.63, 3.8) is 0 Å². The molecule has 0 saturated carbocycles. The van der Waals surface area contributed by atoms with Crippen LogP contribution < -0.4 is 10.5 Å². The molecule has 3 rings (SSSR count). The van der Waals surface area contributed by atoms with Crippen molar-refractivity contribution in [1.82, 2.24) is 4.90 Å². The normalized spacial score (nSPS) is 19.7. The molecule has 0 bridgehead atoms. The maximum Gasteiger partial charge on any atom is 0.254 e. The van der Waals surface area contributed by atoms with Crippen molar-refractivity contribution >= 4 is 5.91 Å². The number of rotatable bonds is 6. The van der Waals surface area contributed by atoms with Gasteiger partial charge in [0.15, 0.2) is 0 Å². The monoisotopic (exact) mass is 382 g/mol. The maximum atomic E-state index is 13.3. The Kier molecular flexibility index (Phi) is 6.70. The van der Waals surface area contributed by atoms with E-state index in [1.54, 1.807) is 0 Å². The minimum atomic E-state index is -0.121. The lowest BCUT2D eigenvalue weighted by molar-refractivity contribution is -0.0954. The van der Waals surface area contributed by atoms with Crippen molar-refractivity contribution in [1.29, 1.82) is 0 Å². The van der Waals surface area contributed by atoms with Crippen LogP contribution in [0.1, 0.15) is 41.4 Å². The molecule has 0 aliphatic carbocycles. The molecule has 1 amide bonds. The van der Waals surface area contributed by atoms with E-state index in [4.69, 9.17) is 15.2 Å². The van der Waals surface area contributed by atoms with Crippen molar-refractivity contribution < 1.29 is 14.3 Å². The fourth-order valence-corrected chi connectivity index (χ4v) is 3.41. The van der Waals surface area contributed by atoms with Crippen LogP contribution in [0, 0.1) is 12.8 Å². The van der Waals surface area contributed by atoms with Gasteiger partial charge in [0.25, 0.3) is 5.91 Å². The predicted molar refractivity (Wildman–Crippen MR) is 111 cm³/mol. The number of aryl methyl sites for hydroxylation is 1. The third-order valence-corrected chi connectivity index (χ3v) is 5.14. The molecule has 1 saturated heterocycles. The van der Waals surface area contributed by atoms with E-state index in [0.29, 0.717) is 43.5 Å². The number of hydrogen-bond acceptors (Lipinski definition) is 4. The molecule has 150 valence electrons. The topological polar surface area (TPSA) is 64.8 Å². The van der Waals surface area contributed by atoms with Crippen LogP contribution in [-0.4, -0.2) is 43.2 Å². The molecule has 0 radical (unpaired) electrons. The molecular formula is C23H30N2O3. The zero-order valence-electron chi connectivity index (χ0n) is 16.9. The average molecular weight is 383 g/mol. The van der Waals surface area contributed by atoms with Crippen LogP contribution >= 0.6 is 0 Å². The Morgan fingerprint density at radius 1 is 1.21 bits per heavy atom. The van der Waals surface area contributed by atoms with Crippen molar-refractivity contribution in [2.45, 2.75) is 33.0 Å². The summed E-state index contributed by atoms with van der Waals surface area (Å²) in [5.41, 5.74) is 8.27. The summed E-state index contributed by atoms with van der Waals surface area (Å²) in [4.78, 5) is 15.2. The second kappa shape index (κ2) is 9.22. The summed E-state index contributed by atoms with van der Waals surface area (Å²) in [6, 6.07) is 15.7. The van der Waals surface area contributed by atoms with Crippen LogP contribution in [0.5, 0.6) is 5.75 Å². The van der Waals surface area contributed by atoms with Crippen LogP contribution in [0.3, 0.4) is 0 Å². The summed E-state index contributed by atoms with van der Waals surface area (Å²) >= 11 is 0. The number of hydrogen-bond donors (Lipinski definition) is 1. The first-order valence-electron chi connectivity index (χ1n) is 9.92. The molecule has 1 aliphatic rings. The molecule has 5 nitrogen and oxygen atoms in total. The van der Waals surface area contributed by atoms with Crippen LogP contribution in [0.4, 0.5) is 0 Å². The van der Waals surface area contributed by atoms with Crippen LogP contribution in [0.25, 0.3) is 0 Å². The Balaban J connectivity index is 1.83. The standard InChI is InChI=1S/C23H30N2O3/c1-16(2)21-14-25(15-22(28-21)18-7-5-4-6-8-18)23(26)19-10-9-17(3)20(13-19)27-12-11-24/h4-10,13,16,21-22H,11-12,14-15,24H2,1-3H3/t21-,22+/m1/s1. The minimum absolute atomic E-state index is 0.00122. The highest BCUT2D eigenvalue weighted by atomic mass is 16.5. The molecule has 0 unspecified atom stereocenters. The van der Waals surface area contributed by atoms with Gasteiger partial charge < -0.3 is 20.1 Å². The zero-order chi connectivity index (χ0) is 20.1. The summed E-state index contributed by atoms with van der Waals surface area (Å²) in [6.07, 6.45) is -0.119. The number of nitrogens with two attached hydrogens (primary N) is 1. The fraction of sp³-hybridized carbons (Fsp3) is 0.435. The average Bonchev–Trinajstić information content (AvgIpc) is 2.73. The lowest BCUT2D eigenvalue weighted by Gasteiger charge is -2.40. The second-order valence-electron chi connectivity index (χ2n) is 7.65. The van der Waals surface area contributed by atoms with Crippen LogP contribution in [-0.2, 0) is 4.74 Å².